The minimum Gasteiger partial charge on any atom is -0.296 e. The number of carbonyl (C=O) groups excluding carboxylic acids is 1. The molecule has 1 heterocycles. The second-order valence-electron chi connectivity index (χ2n) is 3.30. The van der Waals surface area contributed by atoms with Gasteiger partial charge in [0.15, 0.2) is 0 Å². The van der Waals surface area contributed by atoms with Crippen LogP contribution in [0.3, 0.4) is 0 Å². The second-order valence-corrected chi connectivity index (χ2v) is 3.30. The fourth-order valence-corrected chi connectivity index (χ4v) is 1.36. The molecule has 1 aromatic carbocycles. The van der Waals surface area contributed by atoms with Crippen LogP contribution in [0.4, 0.5) is 5.82 Å². The van der Waals surface area contributed by atoms with E-state index in [0.717, 1.165) is 0 Å². The highest BCUT2D eigenvalue weighted by atomic mass is 16.2. The lowest BCUT2D eigenvalue weighted by Crippen LogP contribution is -2.26. The maximum absolute atomic E-state index is 12.0. The van der Waals surface area contributed by atoms with Gasteiger partial charge in [-0.2, -0.15) is 0 Å². The number of aromatic nitrogens is 2. The average Bonchev–Trinajstić information content (AvgIpc) is 2.39. The molecule has 4 nitrogen and oxygen atoms in total. The molecule has 0 saturated carbocycles. The number of carbonyl (C=O) groups is 1. The van der Waals surface area contributed by atoms with Gasteiger partial charge in [-0.05, 0) is 18.2 Å². The number of rotatable bonds is 2. The van der Waals surface area contributed by atoms with Gasteiger partial charge in [0.1, 0.15) is 12.1 Å². The number of amides is 1. The Kier molecular flexibility index (Phi) is 2.91. The summed E-state index contributed by atoms with van der Waals surface area (Å²) in [4.78, 5) is 21.3. The van der Waals surface area contributed by atoms with Crippen molar-refractivity contribution in [2.75, 3.05) is 11.9 Å². The molecule has 0 atom stereocenters. The van der Waals surface area contributed by atoms with Gasteiger partial charge in [0.2, 0.25) is 0 Å². The Bertz CT molecular complexity index is 470. The Morgan fingerprint density at radius 1 is 1.19 bits per heavy atom. The van der Waals surface area contributed by atoms with Gasteiger partial charge in [-0.25, -0.2) is 9.97 Å². The first-order valence-electron chi connectivity index (χ1n) is 4.88. The van der Waals surface area contributed by atoms with E-state index in [1.807, 2.05) is 18.2 Å². The molecule has 2 rings (SSSR count). The Morgan fingerprint density at radius 3 is 2.56 bits per heavy atom. The predicted molar refractivity (Wildman–Crippen MR) is 61.2 cm³/mol. The molecule has 0 spiro atoms. The molecule has 0 radical (unpaired) electrons. The molecule has 1 aromatic heterocycles. The molecule has 0 bridgehead atoms. The van der Waals surface area contributed by atoms with E-state index in [4.69, 9.17) is 0 Å². The standard InChI is InChI=1S/C12H11N3O/c1-15(11-7-8-13-9-14-11)12(16)10-5-3-2-4-6-10/h2-9H,1H3. The molecule has 0 aliphatic heterocycles. The Labute approximate surface area is 93.6 Å². The van der Waals surface area contributed by atoms with E-state index in [2.05, 4.69) is 9.97 Å². The highest BCUT2D eigenvalue weighted by Gasteiger charge is 2.13. The van der Waals surface area contributed by atoms with Gasteiger partial charge < -0.3 is 0 Å². The van der Waals surface area contributed by atoms with E-state index in [1.54, 1.807) is 31.4 Å². The summed E-state index contributed by atoms with van der Waals surface area (Å²) in [6.07, 6.45) is 3.03. The quantitative estimate of drug-likeness (QED) is 0.763. The second kappa shape index (κ2) is 4.53. The lowest BCUT2D eigenvalue weighted by atomic mass is 10.2. The van der Waals surface area contributed by atoms with Gasteiger partial charge in [0.05, 0.1) is 0 Å². The van der Waals surface area contributed by atoms with Crippen LogP contribution in [-0.4, -0.2) is 22.9 Å². The Hall–Kier alpha value is -2.23. The van der Waals surface area contributed by atoms with Gasteiger partial charge in [-0.3, -0.25) is 9.69 Å². The van der Waals surface area contributed by atoms with E-state index >= 15 is 0 Å². The zero-order valence-electron chi connectivity index (χ0n) is 8.87. The van der Waals surface area contributed by atoms with E-state index < -0.39 is 0 Å². The van der Waals surface area contributed by atoms with Crippen LogP contribution in [0.15, 0.2) is 48.9 Å². The molecule has 0 fully saturated rings. The van der Waals surface area contributed by atoms with Gasteiger partial charge in [-0.1, -0.05) is 18.2 Å². The Morgan fingerprint density at radius 2 is 1.94 bits per heavy atom. The highest BCUT2D eigenvalue weighted by molar-refractivity contribution is 6.05. The molecule has 80 valence electrons. The third-order valence-corrected chi connectivity index (χ3v) is 2.24. The minimum atomic E-state index is -0.0840. The lowest BCUT2D eigenvalue weighted by Gasteiger charge is -2.15. The number of hydrogen-bond donors (Lipinski definition) is 0. The average molecular weight is 213 g/mol. The SMILES string of the molecule is CN(C(=O)c1ccccc1)c1ccncn1. The molecular weight excluding hydrogens is 202 g/mol. The molecule has 4 heteroatoms. The third kappa shape index (κ3) is 2.06. The first kappa shape index (κ1) is 10.3. The summed E-state index contributed by atoms with van der Waals surface area (Å²) >= 11 is 0. The summed E-state index contributed by atoms with van der Waals surface area (Å²) in [7, 11) is 1.69. The van der Waals surface area contributed by atoms with Crippen molar-refractivity contribution in [2.45, 2.75) is 0 Å². The molecule has 16 heavy (non-hydrogen) atoms. The maximum Gasteiger partial charge on any atom is 0.259 e. The summed E-state index contributed by atoms with van der Waals surface area (Å²) in [6, 6.07) is 10.8. The van der Waals surface area contributed by atoms with Crippen molar-refractivity contribution < 1.29 is 4.79 Å². The van der Waals surface area contributed by atoms with Crippen molar-refractivity contribution in [1.82, 2.24) is 9.97 Å². The van der Waals surface area contributed by atoms with Crippen molar-refractivity contribution in [1.29, 1.82) is 0 Å². The van der Waals surface area contributed by atoms with Crippen molar-refractivity contribution in [2.24, 2.45) is 0 Å². The van der Waals surface area contributed by atoms with Crippen molar-refractivity contribution in [3.63, 3.8) is 0 Å². The minimum absolute atomic E-state index is 0.0840. The van der Waals surface area contributed by atoms with Crippen molar-refractivity contribution in [3.8, 4) is 0 Å². The summed E-state index contributed by atoms with van der Waals surface area (Å²) < 4.78 is 0. The number of benzene rings is 1. The molecule has 0 N–H and O–H groups in total. The van der Waals surface area contributed by atoms with E-state index in [1.165, 1.54) is 11.2 Å². The van der Waals surface area contributed by atoms with Crippen LogP contribution in [0.1, 0.15) is 10.4 Å². The number of hydrogen-bond acceptors (Lipinski definition) is 3. The van der Waals surface area contributed by atoms with Gasteiger partial charge >= 0.3 is 0 Å². The first-order chi connectivity index (χ1) is 7.79. The summed E-state index contributed by atoms with van der Waals surface area (Å²) in [5.74, 6) is 0.503. The topological polar surface area (TPSA) is 46.1 Å². The summed E-state index contributed by atoms with van der Waals surface area (Å²) in [5.41, 5.74) is 0.642. The molecular formula is C12H11N3O. The van der Waals surface area contributed by atoms with Crippen LogP contribution >= 0.6 is 0 Å². The van der Waals surface area contributed by atoms with Crippen molar-refractivity contribution in [3.05, 3.63) is 54.5 Å². The maximum atomic E-state index is 12.0. The highest BCUT2D eigenvalue weighted by Crippen LogP contribution is 2.10. The fourth-order valence-electron chi connectivity index (χ4n) is 1.36. The smallest absolute Gasteiger partial charge is 0.259 e. The summed E-state index contributed by atoms with van der Waals surface area (Å²) in [6.45, 7) is 0. The van der Waals surface area contributed by atoms with Crippen LogP contribution in [0.2, 0.25) is 0 Å². The number of anilines is 1. The largest absolute Gasteiger partial charge is 0.296 e. The van der Waals surface area contributed by atoms with E-state index in [-0.39, 0.29) is 5.91 Å². The zero-order valence-corrected chi connectivity index (χ0v) is 8.87. The molecule has 2 aromatic rings. The van der Waals surface area contributed by atoms with E-state index in [0.29, 0.717) is 11.4 Å². The van der Waals surface area contributed by atoms with Crippen LogP contribution in [0, 0.1) is 0 Å². The van der Waals surface area contributed by atoms with E-state index in [9.17, 15) is 4.79 Å². The molecule has 0 aliphatic carbocycles. The van der Waals surface area contributed by atoms with Crippen LogP contribution in [-0.2, 0) is 0 Å². The van der Waals surface area contributed by atoms with Crippen LogP contribution in [0.5, 0.6) is 0 Å². The van der Waals surface area contributed by atoms with Crippen LogP contribution < -0.4 is 4.90 Å². The molecule has 0 unspecified atom stereocenters. The molecule has 0 aliphatic rings. The van der Waals surface area contributed by atoms with Gasteiger partial charge in [-0.15, -0.1) is 0 Å². The molecule has 1 amide bonds. The first-order valence-corrected chi connectivity index (χ1v) is 4.88. The fraction of sp³-hybridized carbons (Fsp3) is 0.0833. The normalized spacial score (nSPS) is 9.81. The monoisotopic (exact) mass is 213 g/mol. The van der Waals surface area contributed by atoms with Crippen LogP contribution in [0.25, 0.3) is 0 Å². The Balaban J connectivity index is 2.24. The predicted octanol–water partition coefficient (Wildman–Crippen LogP) is 1.75. The number of nitrogens with zero attached hydrogens (tertiary/aromatic N) is 3. The molecule has 0 saturated heterocycles. The van der Waals surface area contributed by atoms with Gasteiger partial charge in [0, 0.05) is 18.8 Å². The van der Waals surface area contributed by atoms with Gasteiger partial charge in [0.25, 0.3) is 5.91 Å². The summed E-state index contributed by atoms with van der Waals surface area (Å²) in [5, 5.41) is 0. The third-order valence-electron chi connectivity index (χ3n) is 2.24. The lowest BCUT2D eigenvalue weighted by molar-refractivity contribution is 0.0992. The van der Waals surface area contributed by atoms with Crippen molar-refractivity contribution >= 4 is 11.7 Å². The zero-order chi connectivity index (χ0) is 11.4.